The Kier molecular flexibility index (Phi) is 2.88. The predicted octanol–water partition coefficient (Wildman–Crippen LogP) is 3.49. The van der Waals surface area contributed by atoms with E-state index in [1.165, 1.54) is 57.9 Å². The summed E-state index contributed by atoms with van der Waals surface area (Å²) in [7, 11) is 0. The van der Waals surface area contributed by atoms with Crippen LogP contribution in [0.4, 0.5) is 0 Å². The molecule has 0 radical (unpaired) electrons. The monoisotopic (exact) mass is 195 g/mol. The largest absolute Gasteiger partial charge is 0.311 e. The van der Waals surface area contributed by atoms with Gasteiger partial charge < -0.3 is 5.32 Å². The van der Waals surface area contributed by atoms with E-state index in [9.17, 15) is 0 Å². The summed E-state index contributed by atoms with van der Waals surface area (Å²) in [4.78, 5) is 0. The molecular weight excluding hydrogens is 170 g/mol. The van der Waals surface area contributed by atoms with Crippen LogP contribution in [0.15, 0.2) is 0 Å². The normalized spacial score (nSPS) is 29.6. The first-order valence-corrected chi connectivity index (χ1v) is 6.54. The van der Waals surface area contributed by atoms with Crippen molar-refractivity contribution in [2.24, 2.45) is 5.41 Å². The minimum Gasteiger partial charge on any atom is -0.311 e. The van der Waals surface area contributed by atoms with E-state index in [1.54, 1.807) is 0 Å². The van der Waals surface area contributed by atoms with Crippen LogP contribution in [-0.4, -0.2) is 12.1 Å². The molecule has 2 fully saturated rings. The molecule has 82 valence electrons. The highest BCUT2D eigenvalue weighted by atomic mass is 15.0. The highest BCUT2D eigenvalue weighted by Gasteiger charge is 2.51. The molecule has 0 aromatic rings. The molecule has 1 saturated heterocycles. The molecule has 1 heterocycles. The summed E-state index contributed by atoms with van der Waals surface area (Å²) in [5, 5.41) is 3.83. The molecule has 1 N–H and O–H groups in total. The van der Waals surface area contributed by atoms with Crippen LogP contribution in [0.2, 0.25) is 0 Å². The molecule has 14 heavy (non-hydrogen) atoms. The number of rotatable bonds is 2. The standard InChI is InChI=1S/C13H25N/c1-3-13(4-2)12(10-11-14-13)8-6-5-7-9-12/h14H,3-11H2,1-2H3. The summed E-state index contributed by atoms with van der Waals surface area (Å²) < 4.78 is 0. The molecule has 2 aliphatic rings. The average Bonchev–Trinajstić information content (AvgIpc) is 2.58. The van der Waals surface area contributed by atoms with Gasteiger partial charge in [0.15, 0.2) is 0 Å². The number of hydrogen-bond donors (Lipinski definition) is 1. The van der Waals surface area contributed by atoms with Crippen molar-refractivity contribution in [2.75, 3.05) is 6.54 Å². The van der Waals surface area contributed by atoms with Crippen LogP contribution in [0.5, 0.6) is 0 Å². The lowest BCUT2D eigenvalue weighted by atomic mass is 9.60. The van der Waals surface area contributed by atoms with Crippen LogP contribution in [0, 0.1) is 5.41 Å². The highest BCUT2D eigenvalue weighted by Crippen LogP contribution is 2.53. The Balaban J connectivity index is 2.22. The van der Waals surface area contributed by atoms with Crippen molar-refractivity contribution in [2.45, 2.75) is 70.8 Å². The first kappa shape index (κ1) is 10.5. The Morgan fingerprint density at radius 1 is 0.929 bits per heavy atom. The van der Waals surface area contributed by atoms with Gasteiger partial charge in [-0.25, -0.2) is 0 Å². The van der Waals surface area contributed by atoms with Gasteiger partial charge in [-0.3, -0.25) is 0 Å². The fraction of sp³-hybridized carbons (Fsp3) is 1.00. The van der Waals surface area contributed by atoms with E-state index in [-0.39, 0.29) is 0 Å². The zero-order valence-corrected chi connectivity index (χ0v) is 9.86. The minimum absolute atomic E-state index is 0.493. The van der Waals surface area contributed by atoms with Crippen molar-refractivity contribution in [1.29, 1.82) is 0 Å². The van der Waals surface area contributed by atoms with Crippen LogP contribution in [-0.2, 0) is 0 Å². The molecule has 1 nitrogen and oxygen atoms in total. The van der Waals surface area contributed by atoms with E-state index in [4.69, 9.17) is 0 Å². The van der Waals surface area contributed by atoms with Gasteiger partial charge in [0.2, 0.25) is 0 Å². The third kappa shape index (κ3) is 1.32. The lowest BCUT2D eigenvalue weighted by Crippen LogP contribution is -2.51. The molecule has 1 aliphatic carbocycles. The Hall–Kier alpha value is -0.0400. The van der Waals surface area contributed by atoms with Crippen molar-refractivity contribution in [3.05, 3.63) is 0 Å². The summed E-state index contributed by atoms with van der Waals surface area (Å²) >= 11 is 0. The van der Waals surface area contributed by atoms with Crippen LogP contribution in [0.3, 0.4) is 0 Å². The summed E-state index contributed by atoms with van der Waals surface area (Å²) in [6, 6.07) is 0. The SMILES string of the molecule is CCC1(CC)NCCC12CCCCC2. The van der Waals surface area contributed by atoms with Gasteiger partial charge in [-0.15, -0.1) is 0 Å². The van der Waals surface area contributed by atoms with E-state index < -0.39 is 0 Å². The zero-order chi connectivity index (χ0) is 10.1. The molecule has 0 aromatic heterocycles. The Bertz CT molecular complexity index is 187. The van der Waals surface area contributed by atoms with Gasteiger partial charge in [0.05, 0.1) is 0 Å². The number of hydrogen-bond acceptors (Lipinski definition) is 1. The Labute approximate surface area is 88.7 Å². The van der Waals surface area contributed by atoms with Crippen molar-refractivity contribution in [1.82, 2.24) is 5.32 Å². The minimum atomic E-state index is 0.493. The third-order valence-corrected chi connectivity index (χ3v) is 5.10. The van der Waals surface area contributed by atoms with Gasteiger partial charge in [0.25, 0.3) is 0 Å². The molecule has 2 rings (SSSR count). The van der Waals surface area contributed by atoms with Gasteiger partial charge in [0, 0.05) is 5.54 Å². The molecule has 0 bridgehead atoms. The first-order valence-electron chi connectivity index (χ1n) is 6.54. The first-order chi connectivity index (χ1) is 6.79. The maximum Gasteiger partial charge on any atom is 0.0232 e. The molecule has 0 aromatic carbocycles. The van der Waals surface area contributed by atoms with Crippen molar-refractivity contribution in [3.8, 4) is 0 Å². The molecule has 1 aliphatic heterocycles. The molecule has 0 atom stereocenters. The zero-order valence-electron chi connectivity index (χ0n) is 9.86. The van der Waals surface area contributed by atoms with E-state index in [1.807, 2.05) is 0 Å². The molecule has 1 saturated carbocycles. The second-order valence-electron chi connectivity index (χ2n) is 5.31. The van der Waals surface area contributed by atoms with E-state index in [0.717, 1.165) is 0 Å². The highest BCUT2D eigenvalue weighted by molar-refractivity contribution is 5.08. The van der Waals surface area contributed by atoms with Crippen LogP contribution >= 0.6 is 0 Å². The topological polar surface area (TPSA) is 12.0 Å². The van der Waals surface area contributed by atoms with Crippen molar-refractivity contribution < 1.29 is 0 Å². The van der Waals surface area contributed by atoms with E-state index in [2.05, 4.69) is 19.2 Å². The van der Waals surface area contributed by atoms with Crippen LogP contribution in [0.1, 0.15) is 65.2 Å². The Morgan fingerprint density at radius 3 is 2.14 bits per heavy atom. The lowest BCUT2D eigenvalue weighted by molar-refractivity contribution is 0.0751. The fourth-order valence-electron chi connectivity index (χ4n) is 4.17. The molecule has 0 amide bonds. The third-order valence-electron chi connectivity index (χ3n) is 5.10. The van der Waals surface area contributed by atoms with Crippen LogP contribution in [0.25, 0.3) is 0 Å². The quantitative estimate of drug-likeness (QED) is 0.711. The maximum absolute atomic E-state index is 3.83. The number of nitrogens with one attached hydrogen (secondary N) is 1. The van der Waals surface area contributed by atoms with Crippen molar-refractivity contribution in [3.63, 3.8) is 0 Å². The van der Waals surface area contributed by atoms with Crippen molar-refractivity contribution >= 4 is 0 Å². The van der Waals surface area contributed by atoms with E-state index >= 15 is 0 Å². The average molecular weight is 195 g/mol. The van der Waals surface area contributed by atoms with Crippen LogP contribution < -0.4 is 5.32 Å². The second kappa shape index (κ2) is 3.84. The summed E-state index contributed by atoms with van der Waals surface area (Å²) in [6.45, 7) is 6.01. The summed E-state index contributed by atoms with van der Waals surface area (Å²) in [5.74, 6) is 0. The van der Waals surface area contributed by atoms with Gasteiger partial charge in [-0.2, -0.15) is 0 Å². The van der Waals surface area contributed by atoms with Gasteiger partial charge >= 0.3 is 0 Å². The second-order valence-corrected chi connectivity index (χ2v) is 5.31. The molecule has 1 spiro atoms. The lowest BCUT2D eigenvalue weighted by Gasteiger charge is -2.48. The van der Waals surface area contributed by atoms with E-state index in [0.29, 0.717) is 11.0 Å². The molecule has 0 unspecified atom stereocenters. The molecule has 1 heteroatoms. The van der Waals surface area contributed by atoms with Gasteiger partial charge in [0.1, 0.15) is 0 Å². The predicted molar refractivity (Wildman–Crippen MR) is 61.5 cm³/mol. The Morgan fingerprint density at radius 2 is 1.57 bits per heavy atom. The summed E-state index contributed by atoms with van der Waals surface area (Å²) in [6.07, 6.45) is 11.5. The fourth-order valence-corrected chi connectivity index (χ4v) is 4.17. The smallest absolute Gasteiger partial charge is 0.0232 e. The maximum atomic E-state index is 3.83. The van der Waals surface area contributed by atoms with Gasteiger partial charge in [-0.1, -0.05) is 33.1 Å². The van der Waals surface area contributed by atoms with Gasteiger partial charge in [-0.05, 0) is 44.1 Å². The molecular formula is C13H25N. The summed E-state index contributed by atoms with van der Waals surface area (Å²) in [5.41, 5.74) is 1.17.